The normalized spacial score (nSPS) is 13.1. The molecule has 0 fully saturated rings. The summed E-state index contributed by atoms with van der Waals surface area (Å²) >= 11 is 0. The molecule has 0 aromatic heterocycles. The molecule has 3 N–H and O–H groups in total. The number of nitrogens with zero attached hydrogens (tertiary/aromatic N) is 1. The molecular weight excluding hydrogens is 238 g/mol. The fourth-order valence-electron chi connectivity index (χ4n) is 1.34. The van der Waals surface area contributed by atoms with Gasteiger partial charge in [0, 0.05) is 12.6 Å². The summed E-state index contributed by atoms with van der Waals surface area (Å²) in [5.74, 6) is 0. The summed E-state index contributed by atoms with van der Waals surface area (Å²) in [6.07, 6.45) is 0. The summed E-state index contributed by atoms with van der Waals surface area (Å²) in [4.78, 5) is 0.122. The molecule has 17 heavy (non-hydrogen) atoms. The van der Waals surface area contributed by atoms with Gasteiger partial charge in [-0.15, -0.1) is 0 Å². The largest absolute Gasteiger partial charge is 0.329 e. The van der Waals surface area contributed by atoms with E-state index >= 15 is 0 Å². The molecule has 0 aliphatic carbocycles. The third kappa shape index (κ3) is 3.27. The first-order valence-corrected chi connectivity index (χ1v) is 6.62. The first kappa shape index (κ1) is 13.6. The van der Waals surface area contributed by atoms with Crippen molar-refractivity contribution in [3.05, 3.63) is 29.3 Å². The van der Waals surface area contributed by atoms with Crippen molar-refractivity contribution in [3.63, 3.8) is 0 Å². The average Bonchev–Trinajstić information content (AvgIpc) is 2.28. The van der Waals surface area contributed by atoms with E-state index in [-0.39, 0.29) is 17.5 Å². The van der Waals surface area contributed by atoms with Gasteiger partial charge in [-0.3, -0.25) is 0 Å². The monoisotopic (exact) mass is 253 g/mol. The van der Waals surface area contributed by atoms with Crippen LogP contribution in [-0.4, -0.2) is 21.0 Å². The topological polar surface area (TPSA) is 96.0 Å². The zero-order valence-electron chi connectivity index (χ0n) is 9.77. The maximum atomic E-state index is 12.0. The Morgan fingerprint density at radius 3 is 2.71 bits per heavy atom. The number of hydrogen-bond donors (Lipinski definition) is 2. The molecule has 6 heteroatoms. The summed E-state index contributed by atoms with van der Waals surface area (Å²) < 4.78 is 26.5. The zero-order valence-corrected chi connectivity index (χ0v) is 10.6. The van der Waals surface area contributed by atoms with Crippen LogP contribution in [0.2, 0.25) is 0 Å². The molecule has 0 saturated heterocycles. The summed E-state index contributed by atoms with van der Waals surface area (Å²) in [6, 6.07) is 6.13. The highest BCUT2D eigenvalue weighted by molar-refractivity contribution is 7.89. The van der Waals surface area contributed by atoms with Crippen LogP contribution in [0.4, 0.5) is 0 Å². The molecule has 1 atom stereocenters. The van der Waals surface area contributed by atoms with Gasteiger partial charge in [-0.2, -0.15) is 5.26 Å². The molecule has 0 amide bonds. The number of hydrogen-bond acceptors (Lipinski definition) is 4. The maximum absolute atomic E-state index is 12.0. The molecule has 0 heterocycles. The third-order valence-electron chi connectivity index (χ3n) is 2.32. The molecule has 0 bridgehead atoms. The van der Waals surface area contributed by atoms with Crippen LogP contribution in [-0.2, 0) is 10.0 Å². The van der Waals surface area contributed by atoms with E-state index < -0.39 is 10.0 Å². The second kappa shape index (κ2) is 5.27. The second-order valence-corrected chi connectivity index (χ2v) is 5.53. The second-order valence-electron chi connectivity index (χ2n) is 3.85. The number of nitrogens with one attached hydrogen (secondary N) is 1. The molecule has 1 aromatic carbocycles. The number of nitrogens with two attached hydrogens (primary N) is 1. The van der Waals surface area contributed by atoms with Crippen molar-refractivity contribution >= 4 is 10.0 Å². The van der Waals surface area contributed by atoms with Crippen molar-refractivity contribution < 1.29 is 8.42 Å². The van der Waals surface area contributed by atoms with E-state index in [4.69, 9.17) is 11.0 Å². The Labute approximate surface area is 101 Å². The van der Waals surface area contributed by atoms with Crippen molar-refractivity contribution in [2.45, 2.75) is 24.8 Å². The lowest BCUT2D eigenvalue weighted by molar-refractivity contribution is 0.562. The lowest BCUT2D eigenvalue weighted by atomic mass is 10.2. The van der Waals surface area contributed by atoms with Gasteiger partial charge >= 0.3 is 0 Å². The van der Waals surface area contributed by atoms with E-state index in [0.29, 0.717) is 11.1 Å². The van der Waals surface area contributed by atoms with Crippen LogP contribution in [0.3, 0.4) is 0 Å². The molecular formula is C11H15N3O2S. The zero-order chi connectivity index (χ0) is 13.1. The fourth-order valence-corrected chi connectivity index (χ4v) is 2.86. The quantitative estimate of drug-likeness (QED) is 0.816. The molecule has 0 radical (unpaired) electrons. The number of sulfonamides is 1. The SMILES string of the molecule is Cc1ccc(C#N)cc1S(=O)(=O)N[C@H](C)CN. The van der Waals surface area contributed by atoms with E-state index in [2.05, 4.69) is 4.72 Å². The van der Waals surface area contributed by atoms with Crippen LogP contribution in [0, 0.1) is 18.3 Å². The Kier molecular flexibility index (Phi) is 4.23. The van der Waals surface area contributed by atoms with Crippen molar-refractivity contribution in [2.24, 2.45) is 5.73 Å². The van der Waals surface area contributed by atoms with Gasteiger partial charge in [-0.05, 0) is 31.5 Å². The van der Waals surface area contributed by atoms with Gasteiger partial charge in [0.2, 0.25) is 10.0 Å². The van der Waals surface area contributed by atoms with Gasteiger partial charge in [0.05, 0.1) is 16.5 Å². The minimum Gasteiger partial charge on any atom is -0.329 e. The number of aryl methyl sites for hydroxylation is 1. The Morgan fingerprint density at radius 1 is 1.53 bits per heavy atom. The average molecular weight is 253 g/mol. The predicted octanol–water partition coefficient (Wildman–Crippen LogP) is 0.492. The van der Waals surface area contributed by atoms with Crippen LogP contribution in [0.5, 0.6) is 0 Å². The van der Waals surface area contributed by atoms with Crippen LogP contribution in [0.15, 0.2) is 23.1 Å². The Hall–Kier alpha value is -1.42. The minimum absolute atomic E-state index is 0.122. The summed E-state index contributed by atoms with van der Waals surface area (Å²) in [5, 5.41) is 8.76. The van der Waals surface area contributed by atoms with Crippen LogP contribution < -0.4 is 10.5 Å². The first-order chi connectivity index (χ1) is 7.90. The number of rotatable bonds is 4. The molecule has 0 aliphatic heterocycles. The molecule has 0 saturated carbocycles. The fraction of sp³-hybridized carbons (Fsp3) is 0.364. The van der Waals surface area contributed by atoms with E-state index in [1.807, 2.05) is 6.07 Å². The predicted molar refractivity (Wildman–Crippen MR) is 64.7 cm³/mol. The maximum Gasteiger partial charge on any atom is 0.241 e. The smallest absolute Gasteiger partial charge is 0.241 e. The van der Waals surface area contributed by atoms with Crippen LogP contribution >= 0.6 is 0 Å². The van der Waals surface area contributed by atoms with Gasteiger partial charge in [-0.1, -0.05) is 6.07 Å². The highest BCUT2D eigenvalue weighted by atomic mass is 32.2. The van der Waals surface area contributed by atoms with Crippen LogP contribution in [0.1, 0.15) is 18.1 Å². The number of benzene rings is 1. The van der Waals surface area contributed by atoms with Gasteiger partial charge in [-0.25, -0.2) is 13.1 Å². The highest BCUT2D eigenvalue weighted by Gasteiger charge is 2.19. The van der Waals surface area contributed by atoms with E-state index in [0.717, 1.165) is 0 Å². The van der Waals surface area contributed by atoms with E-state index in [1.54, 1.807) is 26.0 Å². The molecule has 1 rings (SSSR count). The summed E-state index contributed by atoms with van der Waals surface area (Å²) in [5.41, 5.74) is 6.29. The van der Waals surface area contributed by atoms with Crippen molar-refractivity contribution in [1.82, 2.24) is 4.72 Å². The lowest BCUT2D eigenvalue weighted by Crippen LogP contribution is -2.38. The van der Waals surface area contributed by atoms with Crippen LogP contribution in [0.25, 0.3) is 0 Å². The molecule has 5 nitrogen and oxygen atoms in total. The van der Waals surface area contributed by atoms with Gasteiger partial charge < -0.3 is 5.73 Å². The van der Waals surface area contributed by atoms with Gasteiger partial charge in [0.1, 0.15) is 0 Å². The van der Waals surface area contributed by atoms with Crippen molar-refractivity contribution in [1.29, 1.82) is 5.26 Å². The Balaban J connectivity index is 3.19. The molecule has 92 valence electrons. The highest BCUT2D eigenvalue weighted by Crippen LogP contribution is 2.16. The van der Waals surface area contributed by atoms with Crippen molar-refractivity contribution in [2.75, 3.05) is 6.54 Å². The van der Waals surface area contributed by atoms with Crippen molar-refractivity contribution in [3.8, 4) is 6.07 Å². The lowest BCUT2D eigenvalue weighted by Gasteiger charge is -2.13. The molecule has 0 unspecified atom stereocenters. The summed E-state index contributed by atoms with van der Waals surface area (Å²) in [7, 11) is -3.62. The first-order valence-electron chi connectivity index (χ1n) is 5.14. The van der Waals surface area contributed by atoms with Gasteiger partial charge in [0.25, 0.3) is 0 Å². The number of nitriles is 1. The Bertz CT molecular complexity index is 546. The molecule has 0 aliphatic rings. The molecule has 1 aromatic rings. The van der Waals surface area contributed by atoms with Gasteiger partial charge in [0.15, 0.2) is 0 Å². The third-order valence-corrected chi connectivity index (χ3v) is 4.05. The Morgan fingerprint density at radius 2 is 2.18 bits per heavy atom. The van der Waals surface area contributed by atoms with E-state index in [1.165, 1.54) is 6.07 Å². The summed E-state index contributed by atoms with van der Waals surface area (Å²) in [6.45, 7) is 3.58. The molecule has 0 spiro atoms. The standard InChI is InChI=1S/C11H15N3O2S/c1-8-3-4-10(7-13)5-11(8)17(15,16)14-9(2)6-12/h3-5,9,14H,6,12H2,1-2H3/t9-/m1/s1. The minimum atomic E-state index is -3.62. The van der Waals surface area contributed by atoms with E-state index in [9.17, 15) is 8.42 Å².